The van der Waals surface area contributed by atoms with E-state index in [4.69, 9.17) is 10.2 Å². The van der Waals surface area contributed by atoms with E-state index in [0.717, 1.165) is 4.47 Å². The van der Waals surface area contributed by atoms with Crippen LogP contribution in [0.3, 0.4) is 0 Å². The lowest BCUT2D eigenvalue weighted by molar-refractivity contribution is -0.0152. The minimum Gasteiger partial charge on any atom is -0.394 e. The Morgan fingerprint density at radius 2 is 1.69 bits per heavy atom. The van der Waals surface area contributed by atoms with Gasteiger partial charge in [0.15, 0.2) is 0 Å². The van der Waals surface area contributed by atoms with Crippen LogP contribution in [-0.4, -0.2) is 28.0 Å². The maximum atomic E-state index is 9.45. The lowest BCUT2D eigenvalue weighted by Crippen LogP contribution is -2.21. The summed E-state index contributed by atoms with van der Waals surface area (Å²) in [5.74, 6) is 0. The lowest BCUT2D eigenvalue weighted by Gasteiger charge is -2.15. The molecule has 3 N–H and O–H groups in total. The summed E-state index contributed by atoms with van der Waals surface area (Å²) in [6, 6.07) is 6.91. The summed E-state index contributed by atoms with van der Waals surface area (Å²) in [5.41, 5.74) is 0.588. The second-order valence-electron chi connectivity index (χ2n) is 2.75. The molecule has 0 aromatic heterocycles. The molecule has 3 nitrogen and oxygen atoms in total. The van der Waals surface area contributed by atoms with Crippen LogP contribution in [0.4, 0.5) is 0 Å². The Labute approximate surface area is 84.8 Å². The molecule has 0 spiro atoms. The van der Waals surface area contributed by atoms with Crippen LogP contribution in [0, 0.1) is 0 Å². The van der Waals surface area contributed by atoms with E-state index in [1.807, 2.05) is 0 Å². The van der Waals surface area contributed by atoms with Gasteiger partial charge in [0, 0.05) is 4.47 Å². The molecule has 0 radical (unpaired) electrons. The fraction of sp³-hybridized carbons (Fsp3) is 0.333. The van der Waals surface area contributed by atoms with Crippen molar-refractivity contribution in [1.29, 1.82) is 0 Å². The van der Waals surface area contributed by atoms with Crippen molar-refractivity contribution in [3.8, 4) is 0 Å². The van der Waals surface area contributed by atoms with Crippen LogP contribution in [0.15, 0.2) is 28.7 Å². The molecular formula is C9H11BrO3. The van der Waals surface area contributed by atoms with E-state index in [-0.39, 0.29) is 0 Å². The second kappa shape index (κ2) is 4.72. The third kappa shape index (κ3) is 2.77. The summed E-state index contributed by atoms with van der Waals surface area (Å²) >= 11 is 3.26. The first-order valence-corrected chi connectivity index (χ1v) is 4.67. The van der Waals surface area contributed by atoms with Crippen molar-refractivity contribution >= 4 is 15.9 Å². The summed E-state index contributed by atoms with van der Waals surface area (Å²) in [7, 11) is 0. The highest BCUT2D eigenvalue weighted by Crippen LogP contribution is 2.19. The van der Waals surface area contributed by atoms with Crippen LogP contribution < -0.4 is 0 Å². The van der Waals surface area contributed by atoms with Gasteiger partial charge in [-0.05, 0) is 17.7 Å². The topological polar surface area (TPSA) is 60.7 Å². The van der Waals surface area contributed by atoms with Gasteiger partial charge in [0.25, 0.3) is 0 Å². The molecule has 0 aliphatic carbocycles. The molecule has 0 saturated carbocycles. The smallest absolute Gasteiger partial charge is 0.107 e. The molecule has 1 aromatic rings. The van der Waals surface area contributed by atoms with Gasteiger partial charge in [0.2, 0.25) is 0 Å². The highest BCUT2D eigenvalue weighted by molar-refractivity contribution is 9.10. The lowest BCUT2D eigenvalue weighted by atomic mass is 10.1. The molecule has 0 unspecified atom stereocenters. The molecule has 0 heterocycles. The summed E-state index contributed by atoms with van der Waals surface area (Å²) in [6.07, 6.45) is -2.15. The second-order valence-corrected chi connectivity index (χ2v) is 3.66. The van der Waals surface area contributed by atoms with Crippen molar-refractivity contribution in [2.45, 2.75) is 12.2 Å². The van der Waals surface area contributed by atoms with Gasteiger partial charge in [0.05, 0.1) is 6.61 Å². The van der Waals surface area contributed by atoms with Gasteiger partial charge in [-0.3, -0.25) is 0 Å². The number of aliphatic hydroxyl groups excluding tert-OH is 3. The quantitative estimate of drug-likeness (QED) is 0.741. The number of halogens is 1. The van der Waals surface area contributed by atoms with Crippen LogP contribution in [0.5, 0.6) is 0 Å². The van der Waals surface area contributed by atoms with Crippen molar-refractivity contribution < 1.29 is 15.3 Å². The van der Waals surface area contributed by atoms with Crippen LogP contribution in [0.2, 0.25) is 0 Å². The summed E-state index contributed by atoms with van der Waals surface area (Å²) in [4.78, 5) is 0. The van der Waals surface area contributed by atoms with Crippen LogP contribution >= 0.6 is 15.9 Å². The Balaban J connectivity index is 2.77. The third-order valence-electron chi connectivity index (χ3n) is 1.76. The Hall–Kier alpha value is -0.420. The molecular weight excluding hydrogens is 236 g/mol. The first kappa shape index (κ1) is 10.7. The molecule has 13 heavy (non-hydrogen) atoms. The Bertz CT molecular complexity index is 260. The molecule has 4 heteroatoms. The minimum atomic E-state index is -1.12. The predicted molar refractivity (Wildman–Crippen MR) is 52.2 cm³/mol. The number of aliphatic hydroxyl groups is 3. The molecule has 0 amide bonds. The maximum absolute atomic E-state index is 9.45. The molecule has 1 rings (SSSR count). The van der Waals surface area contributed by atoms with Crippen LogP contribution in [-0.2, 0) is 0 Å². The fourth-order valence-electron chi connectivity index (χ4n) is 0.982. The minimum absolute atomic E-state index is 0.447. The van der Waals surface area contributed by atoms with Crippen molar-refractivity contribution in [3.63, 3.8) is 0 Å². The van der Waals surface area contributed by atoms with E-state index < -0.39 is 18.8 Å². The zero-order valence-electron chi connectivity index (χ0n) is 6.89. The number of rotatable bonds is 3. The number of hydrogen-bond donors (Lipinski definition) is 3. The van der Waals surface area contributed by atoms with Gasteiger partial charge < -0.3 is 15.3 Å². The average molecular weight is 247 g/mol. The summed E-state index contributed by atoms with van der Waals surface area (Å²) in [5, 5.41) is 27.2. The van der Waals surface area contributed by atoms with E-state index in [1.165, 1.54) is 0 Å². The zero-order chi connectivity index (χ0) is 9.84. The van der Waals surface area contributed by atoms with Crippen molar-refractivity contribution in [2.75, 3.05) is 6.61 Å². The van der Waals surface area contributed by atoms with Crippen LogP contribution in [0.25, 0.3) is 0 Å². The molecule has 2 atom stereocenters. The van der Waals surface area contributed by atoms with Gasteiger partial charge in [-0.2, -0.15) is 0 Å². The van der Waals surface area contributed by atoms with Crippen molar-refractivity contribution in [2.24, 2.45) is 0 Å². The molecule has 0 saturated heterocycles. The average Bonchev–Trinajstić information content (AvgIpc) is 2.17. The maximum Gasteiger partial charge on any atom is 0.107 e. The molecule has 1 aromatic carbocycles. The van der Waals surface area contributed by atoms with Gasteiger partial charge in [-0.15, -0.1) is 0 Å². The SMILES string of the molecule is OC[C@@H](O)[C@@H](O)c1ccc(Br)cc1. The number of hydrogen-bond acceptors (Lipinski definition) is 3. The van der Waals surface area contributed by atoms with Gasteiger partial charge >= 0.3 is 0 Å². The Morgan fingerprint density at radius 1 is 1.15 bits per heavy atom. The molecule has 72 valence electrons. The van der Waals surface area contributed by atoms with Crippen molar-refractivity contribution in [3.05, 3.63) is 34.3 Å². The van der Waals surface area contributed by atoms with E-state index in [2.05, 4.69) is 15.9 Å². The fourth-order valence-corrected chi connectivity index (χ4v) is 1.25. The zero-order valence-corrected chi connectivity index (χ0v) is 8.48. The third-order valence-corrected chi connectivity index (χ3v) is 2.29. The first-order chi connectivity index (χ1) is 6.15. The van der Waals surface area contributed by atoms with Crippen LogP contribution in [0.1, 0.15) is 11.7 Å². The monoisotopic (exact) mass is 246 g/mol. The predicted octanol–water partition coefficient (Wildman–Crippen LogP) is 0.836. The highest BCUT2D eigenvalue weighted by Gasteiger charge is 2.16. The molecule has 0 fully saturated rings. The van der Waals surface area contributed by atoms with E-state index in [1.54, 1.807) is 24.3 Å². The summed E-state index contributed by atoms with van der Waals surface area (Å²) < 4.78 is 0.905. The van der Waals surface area contributed by atoms with Crippen molar-refractivity contribution in [1.82, 2.24) is 0 Å². The standard InChI is InChI=1S/C9H11BrO3/c10-7-3-1-6(2-4-7)9(13)8(12)5-11/h1-4,8-9,11-13H,5H2/t8-,9+/m1/s1. The molecule has 0 aliphatic rings. The molecule has 0 bridgehead atoms. The van der Waals surface area contributed by atoms with E-state index >= 15 is 0 Å². The number of benzene rings is 1. The Kier molecular flexibility index (Phi) is 3.87. The normalized spacial score (nSPS) is 15.4. The van der Waals surface area contributed by atoms with E-state index in [0.29, 0.717) is 5.56 Å². The summed E-state index contributed by atoms with van der Waals surface area (Å²) in [6.45, 7) is -0.447. The highest BCUT2D eigenvalue weighted by atomic mass is 79.9. The van der Waals surface area contributed by atoms with Gasteiger partial charge in [0.1, 0.15) is 12.2 Å². The van der Waals surface area contributed by atoms with Gasteiger partial charge in [-0.1, -0.05) is 28.1 Å². The van der Waals surface area contributed by atoms with Gasteiger partial charge in [-0.25, -0.2) is 0 Å². The first-order valence-electron chi connectivity index (χ1n) is 3.87. The largest absolute Gasteiger partial charge is 0.394 e. The molecule has 0 aliphatic heterocycles. The van der Waals surface area contributed by atoms with E-state index in [9.17, 15) is 5.11 Å². The Morgan fingerprint density at radius 3 is 2.15 bits per heavy atom.